The summed E-state index contributed by atoms with van der Waals surface area (Å²) in [7, 11) is 0. The number of hydrogen-bond donors (Lipinski definition) is 2. The zero-order valence-corrected chi connectivity index (χ0v) is 10.6. The Bertz CT molecular complexity index is 390. The van der Waals surface area contributed by atoms with Gasteiger partial charge in [-0.2, -0.15) is 0 Å². The minimum atomic E-state index is -0.125. The van der Waals surface area contributed by atoms with E-state index >= 15 is 0 Å². The van der Waals surface area contributed by atoms with Crippen LogP contribution in [0.5, 0.6) is 0 Å². The molecule has 2 N–H and O–H groups in total. The third-order valence-electron chi connectivity index (χ3n) is 2.24. The van der Waals surface area contributed by atoms with Crippen LogP contribution in [0.2, 0.25) is 0 Å². The molecule has 0 unspecified atom stereocenters. The summed E-state index contributed by atoms with van der Waals surface area (Å²) in [6.07, 6.45) is 1.08. The van der Waals surface area contributed by atoms with Crippen molar-refractivity contribution in [3.63, 3.8) is 0 Å². The molecule has 16 heavy (non-hydrogen) atoms. The van der Waals surface area contributed by atoms with Crippen LogP contribution in [-0.2, 0) is 12.0 Å². The number of H-pyrrole nitrogens is 1. The Morgan fingerprint density at radius 2 is 2.12 bits per heavy atom. The van der Waals surface area contributed by atoms with Crippen molar-refractivity contribution in [2.75, 3.05) is 6.54 Å². The van der Waals surface area contributed by atoms with Crippen molar-refractivity contribution < 1.29 is 0 Å². The van der Waals surface area contributed by atoms with E-state index in [-0.39, 0.29) is 11.0 Å². The summed E-state index contributed by atoms with van der Waals surface area (Å²) in [6.45, 7) is 9.82. The molecule has 1 aromatic rings. The maximum Gasteiger partial charge on any atom is 0.251 e. The van der Waals surface area contributed by atoms with Gasteiger partial charge in [0.2, 0.25) is 0 Å². The van der Waals surface area contributed by atoms with Crippen molar-refractivity contribution in [2.45, 2.75) is 46.1 Å². The van der Waals surface area contributed by atoms with Crippen molar-refractivity contribution in [1.82, 2.24) is 15.3 Å². The number of nitrogens with zero attached hydrogens (tertiary/aromatic N) is 1. The van der Waals surface area contributed by atoms with Gasteiger partial charge in [0.15, 0.2) is 0 Å². The van der Waals surface area contributed by atoms with Crippen LogP contribution in [-0.4, -0.2) is 16.5 Å². The van der Waals surface area contributed by atoms with Crippen molar-refractivity contribution >= 4 is 0 Å². The summed E-state index contributed by atoms with van der Waals surface area (Å²) in [5.74, 6) is 0.744. The Balaban J connectivity index is 2.86. The minimum Gasteiger partial charge on any atom is -0.311 e. The predicted molar refractivity (Wildman–Crippen MR) is 65.6 cm³/mol. The molecule has 0 saturated heterocycles. The highest BCUT2D eigenvalue weighted by atomic mass is 16.1. The highest BCUT2D eigenvalue weighted by molar-refractivity contribution is 5.08. The van der Waals surface area contributed by atoms with Gasteiger partial charge in [-0.25, -0.2) is 4.98 Å². The van der Waals surface area contributed by atoms with Gasteiger partial charge in [-0.05, 0) is 13.0 Å². The second kappa shape index (κ2) is 5.25. The quantitative estimate of drug-likeness (QED) is 0.762. The SMILES string of the molecule is CCCNCc1cc(=O)[nH]c(C(C)(C)C)n1. The van der Waals surface area contributed by atoms with Gasteiger partial charge in [0, 0.05) is 18.0 Å². The smallest absolute Gasteiger partial charge is 0.251 e. The lowest BCUT2D eigenvalue weighted by Gasteiger charge is -2.17. The Kier molecular flexibility index (Phi) is 4.24. The van der Waals surface area contributed by atoms with Gasteiger partial charge < -0.3 is 10.3 Å². The molecule has 1 aromatic heterocycles. The Labute approximate surface area is 96.5 Å². The number of aromatic nitrogens is 2. The van der Waals surface area contributed by atoms with Crippen LogP contribution in [0.25, 0.3) is 0 Å². The lowest BCUT2D eigenvalue weighted by molar-refractivity contribution is 0.534. The summed E-state index contributed by atoms with van der Waals surface area (Å²) >= 11 is 0. The zero-order chi connectivity index (χ0) is 12.2. The fourth-order valence-electron chi connectivity index (χ4n) is 1.35. The number of nitrogens with one attached hydrogen (secondary N) is 2. The molecular weight excluding hydrogens is 202 g/mol. The average Bonchev–Trinajstić information content (AvgIpc) is 2.16. The van der Waals surface area contributed by atoms with Crippen LogP contribution in [0.15, 0.2) is 10.9 Å². The monoisotopic (exact) mass is 223 g/mol. The van der Waals surface area contributed by atoms with Crippen molar-refractivity contribution in [2.24, 2.45) is 0 Å². The molecule has 0 spiro atoms. The molecule has 1 rings (SSSR count). The Morgan fingerprint density at radius 3 is 2.69 bits per heavy atom. The fraction of sp³-hybridized carbons (Fsp3) is 0.667. The van der Waals surface area contributed by atoms with E-state index in [1.807, 2.05) is 20.8 Å². The first-order chi connectivity index (χ1) is 7.43. The minimum absolute atomic E-state index is 0.0757. The van der Waals surface area contributed by atoms with Gasteiger partial charge in [-0.15, -0.1) is 0 Å². The molecule has 4 nitrogen and oxygen atoms in total. The summed E-state index contributed by atoms with van der Waals surface area (Å²) in [4.78, 5) is 18.7. The zero-order valence-electron chi connectivity index (χ0n) is 10.6. The molecular formula is C12H21N3O. The number of hydrogen-bond acceptors (Lipinski definition) is 3. The van der Waals surface area contributed by atoms with E-state index < -0.39 is 0 Å². The molecule has 1 heterocycles. The lowest BCUT2D eigenvalue weighted by Crippen LogP contribution is -2.25. The molecule has 0 radical (unpaired) electrons. The topological polar surface area (TPSA) is 57.8 Å². The molecule has 4 heteroatoms. The fourth-order valence-corrected chi connectivity index (χ4v) is 1.35. The highest BCUT2D eigenvalue weighted by Crippen LogP contribution is 2.16. The van der Waals surface area contributed by atoms with Crippen LogP contribution in [0.4, 0.5) is 0 Å². The van der Waals surface area contributed by atoms with E-state index in [1.165, 1.54) is 0 Å². The van der Waals surface area contributed by atoms with Gasteiger partial charge in [0.05, 0.1) is 5.69 Å². The number of rotatable bonds is 4. The second-order valence-corrected chi connectivity index (χ2v) is 5.01. The third kappa shape index (κ3) is 3.77. The second-order valence-electron chi connectivity index (χ2n) is 5.01. The van der Waals surface area contributed by atoms with Crippen LogP contribution < -0.4 is 10.9 Å². The van der Waals surface area contributed by atoms with Crippen LogP contribution in [0.3, 0.4) is 0 Å². The molecule has 0 aromatic carbocycles. The van der Waals surface area contributed by atoms with Crippen molar-refractivity contribution in [3.8, 4) is 0 Å². The molecule has 0 saturated carbocycles. The van der Waals surface area contributed by atoms with Crippen molar-refractivity contribution in [3.05, 3.63) is 27.9 Å². The summed E-state index contributed by atoms with van der Waals surface area (Å²) < 4.78 is 0. The maximum absolute atomic E-state index is 11.5. The van der Waals surface area contributed by atoms with E-state index in [0.717, 1.165) is 24.5 Å². The average molecular weight is 223 g/mol. The Morgan fingerprint density at radius 1 is 1.44 bits per heavy atom. The first-order valence-corrected chi connectivity index (χ1v) is 5.75. The van der Waals surface area contributed by atoms with E-state index in [1.54, 1.807) is 6.07 Å². The summed E-state index contributed by atoms with van der Waals surface area (Å²) in [5, 5.41) is 3.24. The third-order valence-corrected chi connectivity index (χ3v) is 2.24. The highest BCUT2D eigenvalue weighted by Gasteiger charge is 2.17. The molecule has 0 fully saturated rings. The first kappa shape index (κ1) is 12.9. The normalized spacial score (nSPS) is 11.8. The maximum atomic E-state index is 11.5. The van der Waals surface area contributed by atoms with E-state index in [2.05, 4.69) is 22.2 Å². The predicted octanol–water partition coefficient (Wildman–Crippen LogP) is 1.57. The van der Waals surface area contributed by atoms with E-state index in [0.29, 0.717) is 6.54 Å². The van der Waals surface area contributed by atoms with E-state index in [4.69, 9.17) is 0 Å². The molecule has 90 valence electrons. The Hall–Kier alpha value is -1.16. The van der Waals surface area contributed by atoms with Gasteiger partial charge in [-0.1, -0.05) is 27.7 Å². The molecule has 0 amide bonds. The van der Waals surface area contributed by atoms with Gasteiger partial charge >= 0.3 is 0 Å². The van der Waals surface area contributed by atoms with Gasteiger partial charge in [-0.3, -0.25) is 4.79 Å². The molecule has 0 aliphatic rings. The largest absolute Gasteiger partial charge is 0.311 e. The molecule has 0 atom stereocenters. The standard InChI is InChI=1S/C12H21N3O/c1-5-6-13-8-9-7-10(16)15-11(14-9)12(2,3)4/h7,13H,5-6,8H2,1-4H3,(H,14,15,16). The summed E-state index contributed by atoms with van der Waals surface area (Å²) in [6, 6.07) is 1.55. The number of aromatic amines is 1. The lowest BCUT2D eigenvalue weighted by atomic mass is 9.95. The van der Waals surface area contributed by atoms with Gasteiger partial charge in [0.1, 0.15) is 5.82 Å². The van der Waals surface area contributed by atoms with E-state index in [9.17, 15) is 4.79 Å². The first-order valence-electron chi connectivity index (χ1n) is 5.75. The van der Waals surface area contributed by atoms with Gasteiger partial charge in [0.25, 0.3) is 5.56 Å². The van der Waals surface area contributed by atoms with Crippen molar-refractivity contribution in [1.29, 1.82) is 0 Å². The van der Waals surface area contributed by atoms with Crippen LogP contribution >= 0.6 is 0 Å². The van der Waals surface area contributed by atoms with Crippen LogP contribution in [0, 0.1) is 0 Å². The van der Waals surface area contributed by atoms with Crippen LogP contribution in [0.1, 0.15) is 45.6 Å². The molecule has 0 bridgehead atoms. The molecule has 0 aliphatic carbocycles. The summed E-state index contributed by atoms with van der Waals surface area (Å²) in [5.41, 5.74) is 0.607. The molecule has 0 aliphatic heterocycles.